The Kier molecular flexibility index (Phi) is 3.66. The lowest BCUT2D eigenvalue weighted by Crippen LogP contribution is -2.46. The summed E-state index contributed by atoms with van der Waals surface area (Å²) in [6.45, 7) is 3.93. The first-order valence-electron chi connectivity index (χ1n) is 5.78. The average Bonchev–Trinajstić information content (AvgIpc) is 2.39. The van der Waals surface area contributed by atoms with E-state index in [2.05, 4.69) is 5.32 Å². The van der Waals surface area contributed by atoms with Gasteiger partial charge >= 0.3 is 0 Å². The van der Waals surface area contributed by atoms with Crippen LogP contribution in [0.5, 0.6) is 0 Å². The van der Waals surface area contributed by atoms with Crippen LogP contribution in [0.25, 0.3) is 0 Å². The molecule has 0 aromatic heterocycles. The molecule has 0 unspecified atom stereocenters. The molecular formula is C12H15N3O2S. The Labute approximate surface area is 107 Å². The lowest BCUT2D eigenvalue weighted by molar-refractivity contribution is 0.360. The second-order valence-corrected chi connectivity index (χ2v) is 6.12. The van der Waals surface area contributed by atoms with E-state index in [4.69, 9.17) is 5.26 Å². The molecule has 0 atom stereocenters. The summed E-state index contributed by atoms with van der Waals surface area (Å²) in [7, 11) is -3.56. The molecule has 6 heteroatoms. The Balaban J connectivity index is 2.48. The van der Waals surface area contributed by atoms with Crippen molar-refractivity contribution in [3.8, 4) is 6.07 Å². The normalized spacial score (nSPS) is 17.3. The van der Waals surface area contributed by atoms with Crippen LogP contribution in [0.15, 0.2) is 23.1 Å². The molecule has 0 saturated carbocycles. The van der Waals surface area contributed by atoms with Gasteiger partial charge in [-0.05, 0) is 18.6 Å². The molecule has 1 aliphatic rings. The molecule has 1 aromatic rings. The van der Waals surface area contributed by atoms with Crippen molar-refractivity contribution in [2.24, 2.45) is 0 Å². The van der Waals surface area contributed by atoms with E-state index in [-0.39, 0.29) is 10.5 Å². The van der Waals surface area contributed by atoms with Gasteiger partial charge in [-0.15, -0.1) is 0 Å². The summed E-state index contributed by atoms with van der Waals surface area (Å²) < 4.78 is 26.4. The lowest BCUT2D eigenvalue weighted by Gasteiger charge is -2.27. The molecule has 1 aromatic carbocycles. The fourth-order valence-electron chi connectivity index (χ4n) is 2.02. The van der Waals surface area contributed by atoms with E-state index < -0.39 is 10.0 Å². The molecule has 0 spiro atoms. The van der Waals surface area contributed by atoms with Gasteiger partial charge in [0.15, 0.2) is 0 Å². The van der Waals surface area contributed by atoms with Crippen molar-refractivity contribution in [3.05, 3.63) is 29.3 Å². The first-order valence-corrected chi connectivity index (χ1v) is 7.22. The van der Waals surface area contributed by atoms with Crippen LogP contribution in [0.2, 0.25) is 0 Å². The Morgan fingerprint density at radius 2 is 2.00 bits per heavy atom. The van der Waals surface area contributed by atoms with E-state index in [1.807, 2.05) is 6.07 Å². The number of rotatable bonds is 2. The molecule has 96 valence electrons. The Hall–Kier alpha value is -1.42. The molecule has 0 amide bonds. The number of nitrogens with one attached hydrogen (secondary N) is 1. The summed E-state index contributed by atoms with van der Waals surface area (Å²) in [4.78, 5) is 0.118. The summed E-state index contributed by atoms with van der Waals surface area (Å²) in [5.74, 6) is 0. The predicted molar refractivity (Wildman–Crippen MR) is 67.5 cm³/mol. The van der Waals surface area contributed by atoms with Gasteiger partial charge in [0.05, 0.1) is 5.56 Å². The van der Waals surface area contributed by atoms with Crippen molar-refractivity contribution in [2.75, 3.05) is 26.2 Å². The minimum Gasteiger partial charge on any atom is -0.314 e. The minimum atomic E-state index is -3.56. The van der Waals surface area contributed by atoms with Gasteiger partial charge in [0, 0.05) is 26.2 Å². The molecule has 1 aliphatic heterocycles. The summed E-state index contributed by atoms with van der Waals surface area (Å²) in [5, 5.41) is 12.2. The van der Waals surface area contributed by atoms with Gasteiger partial charge in [-0.25, -0.2) is 8.42 Å². The van der Waals surface area contributed by atoms with E-state index in [9.17, 15) is 8.42 Å². The van der Waals surface area contributed by atoms with Gasteiger partial charge in [-0.1, -0.05) is 12.1 Å². The number of aryl methyl sites for hydroxylation is 1. The molecular weight excluding hydrogens is 250 g/mol. The fourth-order valence-corrected chi connectivity index (χ4v) is 3.68. The maximum atomic E-state index is 12.5. The highest BCUT2D eigenvalue weighted by Gasteiger charge is 2.28. The molecule has 5 nitrogen and oxygen atoms in total. The van der Waals surface area contributed by atoms with Crippen LogP contribution in [0, 0.1) is 18.3 Å². The van der Waals surface area contributed by atoms with Gasteiger partial charge in [0.2, 0.25) is 10.0 Å². The summed E-state index contributed by atoms with van der Waals surface area (Å²) >= 11 is 0. The number of nitriles is 1. The summed E-state index contributed by atoms with van der Waals surface area (Å²) in [6, 6.07) is 6.91. The number of hydrogen-bond donors (Lipinski definition) is 1. The van der Waals surface area contributed by atoms with Crippen molar-refractivity contribution in [1.82, 2.24) is 9.62 Å². The van der Waals surface area contributed by atoms with Crippen LogP contribution in [0.1, 0.15) is 11.1 Å². The minimum absolute atomic E-state index is 0.118. The maximum Gasteiger partial charge on any atom is 0.244 e. The maximum absolute atomic E-state index is 12.5. The van der Waals surface area contributed by atoms with Crippen molar-refractivity contribution < 1.29 is 8.42 Å². The molecule has 1 fully saturated rings. The molecule has 1 heterocycles. The SMILES string of the molecule is Cc1cccc(S(=O)(=O)N2CCNCC2)c1C#N. The number of hydrogen-bond acceptors (Lipinski definition) is 4. The third-order valence-electron chi connectivity index (χ3n) is 3.04. The topological polar surface area (TPSA) is 73.2 Å². The van der Waals surface area contributed by atoms with Crippen molar-refractivity contribution in [2.45, 2.75) is 11.8 Å². The average molecular weight is 265 g/mol. The van der Waals surface area contributed by atoms with Crippen molar-refractivity contribution >= 4 is 10.0 Å². The van der Waals surface area contributed by atoms with Crippen molar-refractivity contribution in [1.29, 1.82) is 5.26 Å². The van der Waals surface area contributed by atoms with Crippen LogP contribution >= 0.6 is 0 Å². The van der Waals surface area contributed by atoms with E-state index >= 15 is 0 Å². The zero-order chi connectivity index (χ0) is 13.2. The van der Waals surface area contributed by atoms with Crippen LogP contribution in [-0.4, -0.2) is 38.9 Å². The lowest BCUT2D eigenvalue weighted by atomic mass is 10.1. The fraction of sp³-hybridized carbons (Fsp3) is 0.417. The van der Waals surface area contributed by atoms with Gasteiger partial charge in [0.25, 0.3) is 0 Å². The number of piperazine rings is 1. The highest BCUT2D eigenvalue weighted by molar-refractivity contribution is 7.89. The monoisotopic (exact) mass is 265 g/mol. The third kappa shape index (κ3) is 2.25. The van der Waals surface area contributed by atoms with Gasteiger partial charge in [-0.3, -0.25) is 0 Å². The van der Waals surface area contributed by atoms with Crippen LogP contribution < -0.4 is 5.32 Å². The number of sulfonamides is 1. The predicted octanol–water partition coefficient (Wildman–Crippen LogP) is 0.461. The van der Waals surface area contributed by atoms with E-state index in [0.717, 1.165) is 0 Å². The molecule has 1 saturated heterocycles. The van der Waals surface area contributed by atoms with Crippen LogP contribution in [0.3, 0.4) is 0 Å². The molecule has 18 heavy (non-hydrogen) atoms. The van der Waals surface area contributed by atoms with E-state index in [0.29, 0.717) is 31.7 Å². The zero-order valence-electron chi connectivity index (χ0n) is 10.2. The largest absolute Gasteiger partial charge is 0.314 e. The Bertz CT molecular complexity index is 584. The summed E-state index contributed by atoms with van der Waals surface area (Å²) in [6.07, 6.45) is 0. The van der Waals surface area contributed by atoms with E-state index in [1.165, 1.54) is 10.4 Å². The van der Waals surface area contributed by atoms with Crippen molar-refractivity contribution in [3.63, 3.8) is 0 Å². The zero-order valence-corrected chi connectivity index (χ0v) is 11.0. The standard InChI is InChI=1S/C12H15N3O2S/c1-10-3-2-4-12(11(10)9-13)18(16,17)15-7-5-14-6-8-15/h2-4,14H,5-8H2,1H3. The molecule has 0 radical (unpaired) electrons. The van der Waals surface area contributed by atoms with Gasteiger partial charge in [0.1, 0.15) is 11.0 Å². The Morgan fingerprint density at radius 3 is 2.61 bits per heavy atom. The first kappa shape index (κ1) is 13.0. The number of benzene rings is 1. The molecule has 0 bridgehead atoms. The van der Waals surface area contributed by atoms with Gasteiger partial charge in [-0.2, -0.15) is 9.57 Å². The van der Waals surface area contributed by atoms with Crippen LogP contribution in [-0.2, 0) is 10.0 Å². The first-order chi connectivity index (χ1) is 8.57. The molecule has 0 aliphatic carbocycles. The van der Waals surface area contributed by atoms with E-state index in [1.54, 1.807) is 19.1 Å². The molecule has 2 rings (SSSR count). The third-order valence-corrected chi connectivity index (χ3v) is 4.98. The quantitative estimate of drug-likeness (QED) is 0.843. The smallest absolute Gasteiger partial charge is 0.244 e. The van der Waals surface area contributed by atoms with Crippen LogP contribution in [0.4, 0.5) is 0 Å². The highest BCUT2D eigenvalue weighted by Crippen LogP contribution is 2.22. The summed E-state index contributed by atoms with van der Waals surface area (Å²) in [5.41, 5.74) is 0.935. The second kappa shape index (κ2) is 5.06. The molecule has 1 N–H and O–H groups in total. The Morgan fingerprint density at radius 1 is 1.33 bits per heavy atom. The number of nitrogens with zero attached hydrogens (tertiary/aromatic N) is 2. The highest BCUT2D eigenvalue weighted by atomic mass is 32.2. The second-order valence-electron chi connectivity index (χ2n) is 4.21. The van der Waals surface area contributed by atoms with Gasteiger partial charge < -0.3 is 5.32 Å².